The summed E-state index contributed by atoms with van der Waals surface area (Å²) in [6.07, 6.45) is 0.392. The Balaban J connectivity index is 1.75. The van der Waals surface area contributed by atoms with E-state index in [4.69, 9.17) is 9.47 Å². The molecule has 0 aliphatic carbocycles. The second kappa shape index (κ2) is 8.49. The molecule has 2 aromatic carbocycles. The van der Waals surface area contributed by atoms with Crippen molar-refractivity contribution < 1.29 is 14.3 Å². The third kappa shape index (κ3) is 5.45. The van der Waals surface area contributed by atoms with Gasteiger partial charge >= 0.3 is 5.97 Å². The minimum Gasteiger partial charge on any atom is -0.497 e. The lowest BCUT2D eigenvalue weighted by Gasteiger charge is -2.11. The zero-order chi connectivity index (χ0) is 15.8. The van der Waals surface area contributed by atoms with E-state index in [1.807, 2.05) is 25.1 Å². The Bertz CT molecular complexity index is 581. The monoisotopic (exact) mass is 316 g/mol. The highest BCUT2D eigenvalue weighted by atomic mass is 32.2. The number of benzene rings is 2. The molecule has 3 nitrogen and oxygen atoms in total. The minimum atomic E-state index is -0.210. The summed E-state index contributed by atoms with van der Waals surface area (Å²) in [4.78, 5) is 11.9. The molecule has 0 aliphatic heterocycles. The van der Waals surface area contributed by atoms with E-state index >= 15 is 0 Å². The third-order valence-corrected chi connectivity index (χ3v) is 4.36. The molecule has 4 heteroatoms. The average molecular weight is 316 g/mol. The van der Waals surface area contributed by atoms with E-state index in [0.717, 1.165) is 11.5 Å². The molecule has 0 heterocycles. The molecule has 0 radical (unpaired) electrons. The van der Waals surface area contributed by atoms with Crippen molar-refractivity contribution in [3.63, 3.8) is 0 Å². The first-order chi connectivity index (χ1) is 10.7. The van der Waals surface area contributed by atoms with Gasteiger partial charge in [0, 0.05) is 11.0 Å². The molecule has 0 fully saturated rings. The van der Waals surface area contributed by atoms with Gasteiger partial charge in [-0.2, -0.15) is 11.8 Å². The quantitative estimate of drug-likeness (QED) is 0.563. The fourth-order valence-corrected chi connectivity index (χ4v) is 2.85. The van der Waals surface area contributed by atoms with Crippen molar-refractivity contribution in [2.24, 2.45) is 0 Å². The second-order valence-corrected chi connectivity index (χ2v) is 6.39. The Morgan fingerprint density at radius 1 is 1.05 bits per heavy atom. The zero-order valence-corrected chi connectivity index (χ0v) is 13.6. The topological polar surface area (TPSA) is 35.5 Å². The number of methoxy groups -OCH3 is 1. The normalized spacial score (nSPS) is 11.7. The van der Waals surface area contributed by atoms with Crippen molar-refractivity contribution in [2.75, 3.05) is 7.11 Å². The summed E-state index contributed by atoms with van der Waals surface area (Å²) in [5.74, 6) is 1.98. The van der Waals surface area contributed by atoms with Gasteiger partial charge in [0.2, 0.25) is 0 Å². The van der Waals surface area contributed by atoms with Crippen LogP contribution < -0.4 is 9.47 Å². The van der Waals surface area contributed by atoms with Gasteiger partial charge in [-0.25, -0.2) is 0 Å². The molecular formula is C18H20O3S. The second-order valence-electron chi connectivity index (χ2n) is 4.96. The van der Waals surface area contributed by atoms with Crippen LogP contribution in [-0.2, 0) is 10.5 Å². The van der Waals surface area contributed by atoms with Gasteiger partial charge in [-0.3, -0.25) is 4.79 Å². The van der Waals surface area contributed by atoms with Crippen LogP contribution in [-0.4, -0.2) is 18.3 Å². The van der Waals surface area contributed by atoms with E-state index in [-0.39, 0.29) is 11.2 Å². The Labute approximate surface area is 135 Å². The van der Waals surface area contributed by atoms with Gasteiger partial charge in [0.1, 0.15) is 11.5 Å². The largest absolute Gasteiger partial charge is 0.497 e. The fraction of sp³-hybridized carbons (Fsp3) is 0.278. The molecule has 1 atom stereocenters. The highest BCUT2D eigenvalue weighted by molar-refractivity contribution is 7.99. The number of rotatable bonds is 7. The van der Waals surface area contributed by atoms with Crippen molar-refractivity contribution in [1.82, 2.24) is 0 Å². The molecule has 0 aliphatic rings. The van der Waals surface area contributed by atoms with Crippen LogP contribution in [0.2, 0.25) is 0 Å². The first kappa shape index (κ1) is 16.4. The SMILES string of the molecule is COc1ccc(OC(=O)C[C@H](C)SCc2ccccc2)cc1. The van der Waals surface area contributed by atoms with E-state index in [9.17, 15) is 4.79 Å². The average Bonchev–Trinajstić information content (AvgIpc) is 2.54. The number of carbonyl (C=O) groups excluding carboxylic acids is 1. The van der Waals surface area contributed by atoms with Gasteiger partial charge in [0.15, 0.2) is 0 Å². The summed E-state index contributed by atoms with van der Waals surface area (Å²) in [5, 5.41) is 0.214. The van der Waals surface area contributed by atoms with Crippen LogP contribution in [0.15, 0.2) is 54.6 Å². The van der Waals surface area contributed by atoms with Gasteiger partial charge < -0.3 is 9.47 Å². The van der Waals surface area contributed by atoms with Crippen molar-refractivity contribution in [3.8, 4) is 11.5 Å². The predicted octanol–water partition coefficient (Wildman–Crippen LogP) is 4.31. The number of thioether (sulfide) groups is 1. The molecule has 0 amide bonds. The Kier molecular flexibility index (Phi) is 6.34. The first-order valence-electron chi connectivity index (χ1n) is 7.17. The van der Waals surface area contributed by atoms with E-state index in [0.29, 0.717) is 12.2 Å². The number of carbonyl (C=O) groups is 1. The van der Waals surface area contributed by atoms with Crippen LogP contribution in [0.25, 0.3) is 0 Å². The number of esters is 1. The van der Waals surface area contributed by atoms with Crippen LogP contribution >= 0.6 is 11.8 Å². The summed E-state index contributed by atoms with van der Waals surface area (Å²) in [5.41, 5.74) is 1.27. The maximum atomic E-state index is 11.9. The van der Waals surface area contributed by atoms with Gasteiger partial charge in [-0.15, -0.1) is 0 Å². The molecule has 0 saturated carbocycles. The van der Waals surface area contributed by atoms with Crippen LogP contribution in [0, 0.1) is 0 Å². The first-order valence-corrected chi connectivity index (χ1v) is 8.22. The molecular weight excluding hydrogens is 296 g/mol. The maximum Gasteiger partial charge on any atom is 0.312 e. The van der Waals surface area contributed by atoms with Gasteiger partial charge in [0.05, 0.1) is 13.5 Å². The van der Waals surface area contributed by atoms with Crippen molar-refractivity contribution >= 4 is 17.7 Å². The molecule has 0 unspecified atom stereocenters. The summed E-state index contributed by atoms with van der Waals surface area (Å²) in [7, 11) is 1.60. The fourth-order valence-electron chi connectivity index (χ4n) is 1.92. The maximum absolute atomic E-state index is 11.9. The molecule has 0 saturated heterocycles. The van der Waals surface area contributed by atoms with E-state index in [2.05, 4.69) is 12.1 Å². The predicted molar refractivity (Wildman–Crippen MR) is 90.4 cm³/mol. The van der Waals surface area contributed by atoms with E-state index < -0.39 is 0 Å². The smallest absolute Gasteiger partial charge is 0.312 e. The van der Waals surface area contributed by atoms with Crippen LogP contribution in [0.5, 0.6) is 11.5 Å². The molecule has 0 bridgehead atoms. The van der Waals surface area contributed by atoms with Crippen LogP contribution in [0.3, 0.4) is 0 Å². The number of hydrogen-bond donors (Lipinski definition) is 0. The van der Waals surface area contributed by atoms with Gasteiger partial charge in [-0.05, 0) is 29.8 Å². The molecule has 0 spiro atoms. The number of hydrogen-bond acceptors (Lipinski definition) is 4. The minimum absolute atomic E-state index is 0.210. The lowest BCUT2D eigenvalue weighted by Crippen LogP contribution is -2.13. The number of ether oxygens (including phenoxy) is 2. The lowest BCUT2D eigenvalue weighted by atomic mass is 10.2. The van der Waals surface area contributed by atoms with Crippen LogP contribution in [0.1, 0.15) is 18.9 Å². The van der Waals surface area contributed by atoms with E-state index in [1.54, 1.807) is 43.1 Å². The summed E-state index contributed by atoms with van der Waals surface area (Å²) < 4.78 is 10.4. The van der Waals surface area contributed by atoms with Gasteiger partial charge in [-0.1, -0.05) is 37.3 Å². The van der Waals surface area contributed by atoms with Crippen molar-refractivity contribution in [1.29, 1.82) is 0 Å². The highest BCUT2D eigenvalue weighted by Gasteiger charge is 2.12. The molecule has 22 heavy (non-hydrogen) atoms. The standard InChI is InChI=1S/C18H20O3S/c1-14(22-13-15-6-4-3-5-7-15)12-18(19)21-17-10-8-16(20-2)9-11-17/h3-11,14H,12-13H2,1-2H3/t14-/m0/s1. The van der Waals surface area contributed by atoms with Gasteiger partial charge in [0.25, 0.3) is 0 Å². The van der Waals surface area contributed by atoms with Crippen LogP contribution in [0.4, 0.5) is 0 Å². The third-order valence-electron chi connectivity index (χ3n) is 3.12. The van der Waals surface area contributed by atoms with Crippen molar-refractivity contribution in [2.45, 2.75) is 24.3 Å². The Morgan fingerprint density at radius 3 is 2.32 bits per heavy atom. The molecule has 2 rings (SSSR count). The Morgan fingerprint density at radius 2 is 1.68 bits per heavy atom. The zero-order valence-electron chi connectivity index (χ0n) is 12.8. The summed E-state index contributed by atoms with van der Waals surface area (Å²) >= 11 is 1.75. The van der Waals surface area contributed by atoms with E-state index in [1.165, 1.54) is 5.56 Å². The molecule has 2 aromatic rings. The Hall–Kier alpha value is -1.94. The summed E-state index contributed by atoms with van der Waals surface area (Å²) in [6, 6.07) is 17.3. The lowest BCUT2D eigenvalue weighted by molar-refractivity contribution is -0.134. The van der Waals surface area contributed by atoms with Crippen molar-refractivity contribution in [3.05, 3.63) is 60.2 Å². The molecule has 0 N–H and O–H groups in total. The molecule has 0 aromatic heterocycles. The molecule has 116 valence electrons. The summed E-state index contributed by atoms with van der Waals surface area (Å²) in [6.45, 7) is 2.04. The highest BCUT2D eigenvalue weighted by Crippen LogP contribution is 2.22.